The zero-order chi connectivity index (χ0) is 20.0. The van der Waals surface area contributed by atoms with E-state index in [0.29, 0.717) is 23.8 Å². The topological polar surface area (TPSA) is 62.8 Å². The number of nitrogens with zero attached hydrogens (tertiary/aromatic N) is 2. The molecule has 2 aliphatic rings. The Labute approximate surface area is 167 Å². The number of hydrogen-bond acceptors (Lipinski definition) is 4. The Bertz CT molecular complexity index is 1130. The minimum atomic E-state index is -0.842. The standard InChI is InChI=1S/C23H19N2O4/c1-15-8-10-16(11-9-15)13-24-20-18-6-2-3-7-19(18)29-21(20)22(26)25(23(24)27)14-17-5-4-12-28-17/h2-12,21H,13-14H2,1H3/q+1. The highest BCUT2D eigenvalue weighted by atomic mass is 16.5. The molecule has 6 nitrogen and oxygen atoms in total. The third-order valence-corrected chi connectivity index (χ3v) is 5.25. The second-order valence-electron chi connectivity index (χ2n) is 7.24. The van der Waals surface area contributed by atoms with Gasteiger partial charge < -0.3 is 9.15 Å². The first-order valence-electron chi connectivity index (χ1n) is 9.45. The Morgan fingerprint density at radius 3 is 2.55 bits per heavy atom. The molecule has 29 heavy (non-hydrogen) atoms. The number of carbonyl (C=O) groups excluding carboxylic acids is 2. The molecule has 3 heterocycles. The van der Waals surface area contributed by atoms with Crippen LogP contribution in [0.25, 0.3) is 0 Å². The molecule has 0 aliphatic carbocycles. The average molecular weight is 387 g/mol. The fraction of sp³-hybridized carbons (Fsp3) is 0.174. The number of amides is 3. The minimum Gasteiger partial charge on any atom is -0.469 e. The van der Waals surface area contributed by atoms with Crippen LogP contribution in [-0.4, -0.2) is 33.2 Å². The summed E-state index contributed by atoms with van der Waals surface area (Å²) in [6.45, 7) is 2.44. The van der Waals surface area contributed by atoms with E-state index in [-0.39, 0.29) is 18.5 Å². The predicted molar refractivity (Wildman–Crippen MR) is 105 cm³/mol. The van der Waals surface area contributed by atoms with E-state index in [1.807, 2.05) is 55.5 Å². The van der Waals surface area contributed by atoms with Gasteiger partial charge in [-0.3, -0.25) is 0 Å². The van der Waals surface area contributed by atoms with E-state index in [0.717, 1.165) is 16.7 Å². The van der Waals surface area contributed by atoms with Crippen LogP contribution < -0.4 is 4.74 Å². The van der Waals surface area contributed by atoms with Gasteiger partial charge in [0.2, 0.25) is 0 Å². The molecule has 2 aromatic carbocycles. The number of hydrogen-bond donors (Lipinski definition) is 0. The zero-order valence-electron chi connectivity index (χ0n) is 15.9. The summed E-state index contributed by atoms with van der Waals surface area (Å²) in [7, 11) is 0. The highest BCUT2D eigenvalue weighted by molar-refractivity contribution is 6.21. The molecule has 0 radical (unpaired) electrons. The molecule has 3 amide bonds. The first kappa shape index (κ1) is 17.4. The van der Waals surface area contributed by atoms with Crippen LogP contribution >= 0.6 is 0 Å². The molecular formula is C23H19N2O4+. The third-order valence-electron chi connectivity index (χ3n) is 5.25. The summed E-state index contributed by atoms with van der Waals surface area (Å²) in [6, 6.07) is 18.5. The molecular weight excluding hydrogens is 368 g/mol. The quantitative estimate of drug-likeness (QED) is 0.643. The first-order chi connectivity index (χ1) is 14.1. The summed E-state index contributed by atoms with van der Waals surface area (Å²) in [4.78, 5) is 27.7. The second-order valence-corrected chi connectivity index (χ2v) is 7.24. The SMILES string of the molecule is Cc1ccc(C[N+]2=C3c4ccccc4OC3C(=O)N(Cc3ccco3)C2=O)cc1. The monoisotopic (exact) mass is 387 g/mol. The van der Waals surface area contributed by atoms with Crippen LogP contribution in [0.3, 0.4) is 0 Å². The maximum atomic E-state index is 13.4. The summed E-state index contributed by atoms with van der Waals surface area (Å²) in [5.74, 6) is 0.779. The summed E-state index contributed by atoms with van der Waals surface area (Å²) < 4.78 is 13.0. The van der Waals surface area contributed by atoms with Crippen LogP contribution in [0, 0.1) is 6.92 Å². The van der Waals surface area contributed by atoms with Gasteiger partial charge in [-0.2, -0.15) is 9.37 Å². The van der Waals surface area contributed by atoms with Crippen LogP contribution in [0.2, 0.25) is 0 Å². The van der Waals surface area contributed by atoms with Crippen LogP contribution in [0.4, 0.5) is 4.79 Å². The van der Waals surface area contributed by atoms with Crippen molar-refractivity contribution in [2.75, 3.05) is 0 Å². The third kappa shape index (κ3) is 2.93. The summed E-state index contributed by atoms with van der Waals surface area (Å²) in [5.41, 5.74) is 3.51. The van der Waals surface area contributed by atoms with Gasteiger partial charge >= 0.3 is 11.9 Å². The molecule has 1 aromatic heterocycles. The van der Waals surface area contributed by atoms with Crippen molar-refractivity contribution in [1.82, 2.24) is 4.90 Å². The number of ether oxygens (including phenoxy) is 1. The summed E-state index contributed by atoms with van der Waals surface area (Å²) >= 11 is 0. The number of urea groups is 1. The largest absolute Gasteiger partial charge is 0.501 e. The molecule has 2 aliphatic heterocycles. The van der Waals surface area contributed by atoms with E-state index in [1.54, 1.807) is 16.7 Å². The minimum absolute atomic E-state index is 0.0680. The van der Waals surface area contributed by atoms with Crippen LogP contribution in [0.1, 0.15) is 22.5 Å². The van der Waals surface area contributed by atoms with Crippen molar-refractivity contribution in [2.24, 2.45) is 0 Å². The van der Waals surface area contributed by atoms with Gasteiger partial charge in [0.05, 0.1) is 11.8 Å². The Hall–Kier alpha value is -3.67. The van der Waals surface area contributed by atoms with Crippen LogP contribution in [0.15, 0.2) is 71.3 Å². The van der Waals surface area contributed by atoms with E-state index in [2.05, 4.69) is 0 Å². The molecule has 1 atom stereocenters. The Kier molecular flexibility index (Phi) is 4.05. The van der Waals surface area contributed by atoms with Gasteiger partial charge in [0.25, 0.3) is 6.10 Å². The lowest BCUT2D eigenvalue weighted by molar-refractivity contribution is -0.457. The lowest BCUT2D eigenvalue weighted by Gasteiger charge is -2.24. The van der Waals surface area contributed by atoms with Gasteiger partial charge in [0, 0.05) is 0 Å². The Morgan fingerprint density at radius 2 is 1.79 bits per heavy atom. The number of furan rings is 1. The molecule has 5 rings (SSSR count). The lowest BCUT2D eigenvalue weighted by Crippen LogP contribution is -2.57. The second kappa shape index (κ2) is 6.74. The van der Waals surface area contributed by atoms with Crippen molar-refractivity contribution in [3.05, 3.63) is 89.4 Å². The molecule has 0 saturated heterocycles. The van der Waals surface area contributed by atoms with Gasteiger partial charge in [0.1, 0.15) is 18.1 Å². The van der Waals surface area contributed by atoms with Crippen molar-refractivity contribution in [2.45, 2.75) is 26.1 Å². The number of imide groups is 1. The lowest BCUT2D eigenvalue weighted by atomic mass is 10.0. The molecule has 0 saturated carbocycles. The molecule has 0 N–H and O–H groups in total. The number of benzene rings is 2. The number of fused-ring (bicyclic) bond motifs is 3. The summed E-state index contributed by atoms with van der Waals surface area (Å²) in [6.07, 6.45) is 0.683. The van der Waals surface area contributed by atoms with E-state index < -0.39 is 6.10 Å². The van der Waals surface area contributed by atoms with Gasteiger partial charge in [-0.1, -0.05) is 42.0 Å². The molecule has 144 valence electrons. The Morgan fingerprint density at radius 1 is 1.00 bits per heavy atom. The van der Waals surface area contributed by atoms with Crippen LogP contribution in [-0.2, 0) is 17.9 Å². The van der Waals surface area contributed by atoms with Gasteiger partial charge in [-0.05, 0) is 36.8 Å². The fourth-order valence-corrected chi connectivity index (χ4v) is 3.78. The number of para-hydroxylation sites is 1. The van der Waals surface area contributed by atoms with Crippen LogP contribution in [0.5, 0.6) is 5.75 Å². The fourth-order valence-electron chi connectivity index (χ4n) is 3.78. The first-order valence-corrected chi connectivity index (χ1v) is 9.45. The highest BCUT2D eigenvalue weighted by Crippen LogP contribution is 2.33. The van der Waals surface area contributed by atoms with E-state index in [4.69, 9.17) is 9.15 Å². The molecule has 3 aromatic rings. The molecule has 6 heteroatoms. The Balaban J connectivity index is 1.61. The van der Waals surface area contributed by atoms with Crippen molar-refractivity contribution >= 4 is 17.6 Å². The number of aryl methyl sites for hydroxylation is 1. The van der Waals surface area contributed by atoms with Crippen molar-refractivity contribution in [3.8, 4) is 5.75 Å². The number of rotatable bonds is 4. The molecule has 0 bridgehead atoms. The van der Waals surface area contributed by atoms with Crippen molar-refractivity contribution in [1.29, 1.82) is 0 Å². The van der Waals surface area contributed by atoms with E-state index in [1.165, 1.54) is 11.2 Å². The van der Waals surface area contributed by atoms with Gasteiger partial charge in [0.15, 0.2) is 12.3 Å². The molecule has 0 spiro atoms. The summed E-state index contributed by atoms with van der Waals surface area (Å²) in [5, 5.41) is 0. The normalized spacial score (nSPS) is 18.0. The smallest absolute Gasteiger partial charge is 0.469 e. The van der Waals surface area contributed by atoms with Gasteiger partial charge in [-0.25, -0.2) is 4.79 Å². The molecule has 1 unspecified atom stereocenters. The van der Waals surface area contributed by atoms with E-state index in [9.17, 15) is 9.59 Å². The predicted octanol–water partition coefficient (Wildman–Crippen LogP) is 3.51. The zero-order valence-corrected chi connectivity index (χ0v) is 15.9. The average Bonchev–Trinajstić information content (AvgIpc) is 3.38. The maximum Gasteiger partial charge on any atom is 0.501 e. The highest BCUT2D eigenvalue weighted by Gasteiger charge is 2.53. The van der Waals surface area contributed by atoms with E-state index >= 15 is 0 Å². The van der Waals surface area contributed by atoms with Crippen molar-refractivity contribution in [3.63, 3.8) is 0 Å². The molecule has 0 fully saturated rings. The van der Waals surface area contributed by atoms with Gasteiger partial charge in [-0.15, -0.1) is 4.90 Å². The maximum absolute atomic E-state index is 13.4. The number of carbonyl (C=O) groups is 2. The van der Waals surface area contributed by atoms with Crippen molar-refractivity contribution < 1.29 is 23.3 Å².